The van der Waals surface area contributed by atoms with E-state index in [2.05, 4.69) is 17.3 Å². The second kappa shape index (κ2) is 11.8. The zero-order chi connectivity index (χ0) is 25.5. The molecule has 0 aliphatic carbocycles. The number of carbonyl (C=O) groups is 1. The molecule has 0 aliphatic heterocycles. The molecule has 10 heteroatoms. The van der Waals surface area contributed by atoms with Crippen molar-refractivity contribution in [3.8, 4) is 5.69 Å². The molecule has 1 aromatic heterocycles. The van der Waals surface area contributed by atoms with Gasteiger partial charge in [-0.05, 0) is 44.9 Å². The van der Waals surface area contributed by atoms with E-state index in [1.165, 1.54) is 32.0 Å². The Hall–Kier alpha value is -2.49. The molecule has 34 heavy (non-hydrogen) atoms. The van der Waals surface area contributed by atoms with Crippen LogP contribution in [0.3, 0.4) is 0 Å². The molecule has 0 saturated heterocycles. The van der Waals surface area contributed by atoms with Gasteiger partial charge in [0.2, 0.25) is 0 Å². The molecule has 2 aromatic rings. The summed E-state index contributed by atoms with van der Waals surface area (Å²) in [7, 11) is 0. The molecule has 2 rings (SSSR count). The lowest BCUT2D eigenvalue weighted by Crippen LogP contribution is -2.45. The first-order valence-electron chi connectivity index (χ1n) is 11.6. The monoisotopic (exact) mass is 494 g/mol. The Balaban J connectivity index is 2.27. The van der Waals surface area contributed by atoms with Gasteiger partial charge in [-0.2, -0.15) is 9.78 Å². The third kappa shape index (κ3) is 7.51. The van der Waals surface area contributed by atoms with Crippen molar-refractivity contribution in [3.05, 3.63) is 55.8 Å². The summed E-state index contributed by atoms with van der Waals surface area (Å²) >= 11 is 6.24. The van der Waals surface area contributed by atoms with E-state index >= 15 is 0 Å². The van der Waals surface area contributed by atoms with E-state index in [1.807, 2.05) is 6.92 Å². The van der Waals surface area contributed by atoms with Crippen molar-refractivity contribution in [2.24, 2.45) is 0 Å². The van der Waals surface area contributed by atoms with Gasteiger partial charge >= 0.3 is 5.69 Å². The van der Waals surface area contributed by atoms with E-state index in [0.717, 1.165) is 41.1 Å². The van der Waals surface area contributed by atoms with Gasteiger partial charge in [-0.3, -0.25) is 14.2 Å². The number of hydrogen-bond donors (Lipinski definition) is 3. The average Bonchev–Trinajstić information content (AvgIpc) is 2.78. The van der Waals surface area contributed by atoms with Crippen LogP contribution in [0, 0.1) is 0 Å². The van der Waals surface area contributed by atoms with Crippen LogP contribution in [-0.4, -0.2) is 48.2 Å². The summed E-state index contributed by atoms with van der Waals surface area (Å²) in [5, 5.41) is 27.7. The van der Waals surface area contributed by atoms with Crippen molar-refractivity contribution in [2.75, 3.05) is 6.54 Å². The second-order valence-electron chi connectivity index (χ2n) is 9.31. The first-order chi connectivity index (χ1) is 15.9. The van der Waals surface area contributed by atoms with Gasteiger partial charge in [0.15, 0.2) is 0 Å². The number of amides is 1. The molecule has 0 radical (unpaired) electrons. The van der Waals surface area contributed by atoms with Gasteiger partial charge in [-0.15, -0.1) is 0 Å². The molecule has 1 unspecified atom stereocenters. The Labute approximate surface area is 204 Å². The van der Waals surface area contributed by atoms with Crippen LogP contribution in [0.5, 0.6) is 0 Å². The highest BCUT2D eigenvalue weighted by atomic mass is 35.5. The average molecular weight is 495 g/mol. The topological polar surface area (TPSA) is 126 Å². The molecule has 0 spiro atoms. The molecule has 0 bridgehead atoms. The fourth-order valence-electron chi connectivity index (χ4n) is 3.57. The molecule has 1 atom stereocenters. The predicted octanol–water partition coefficient (Wildman–Crippen LogP) is 2.66. The fourth-order valence-corrected chi connectivity index (χ4v) is 3.78. The molecule has 9 nitrogen and oxygen atoms in total. The molecule has 0 saturated carbocycles. The van der Waals surface area contributed by atoms with Crippen molar-refractivity contribution in [1.82, 2.24) is 19.7 Å². The highest BCUT2D eigenvalue weighted by Gasteiger charge is 2.26. The van der Waals surface area contributed by atoms with Crippen molar-refractivity contribution in [2.45, 2.75) is 84.0 Å². The van der Waals surface area contributed by atoms with Crippen molar-refractivity contribution in [1.29, 1.82) is 0 Å². The first-order valence-corrected chi connectivity index (χ1v) is 12.0. The molecule has 1 amide bonds. The van der Waals surface area contributed by atoms with Crippen LogP contribution in [0.25, 0.3) is 5.69 Å². The summed E-state index contributed by atoms with van der Waals surface area (Å²) in [6.45, 7) is 6.81. The minimum absolute atomic E-state index is 0.0731. The highest BCUT2D eigenvalue weighted by molar-refractivity contribution is 6.33. The normalized spacial score (nSPS) is 13.5. The lowest BCUT2D eigenvalue weighted by Gasteiger charge is -2.27. The maximum absolute atomic E-state index is 12.9. The number of aromatic nitrogens is 3. The molecular formula is C24H35ClN4O5. The maximum Gasteiger partial charge on any atom is 0.352 e. The smallest absolute Gasteiger partial charge is 0.352 e. The molecule has 3 N–H and O–H groups in total. The molecule has 188 valence electrons. The SMILES string of the molecule is CCCCCCC(O)(CC)CNC(=O)c1cc(-n2ncc(=O)n(CC(C)(C)O)c2=O)ccc1Cl. The molecule has 1 heterocycles. The summed E-state index contributed by atoms with van der Waals surface area (Å²) in [6, 6.07) is 4.36. The second-order valence-corrected chi connectivity index (χ2v) is 9.72. The van der Waals surface area contributed by atoms with Crippen molar-refractivity contribution in [3.63, 3.8) is 0 Å². The van der Waals surface area contributed by atoms with Crippen LogP contribution in [0.15, 0.2) is 34.0 Å². The van der Waals surface area contributed by atoms with Crippen LogP contribution in [0.1, 0.15) is 76.6 Å². The Morgan fingerprint density at radius 1 is 1.15 bits per heavy atom. The highest BCUT2D eigenvalue weighted by Crippen LogP contribution is 2.21. The number of nitrogens with one attached hydrogen (secondary N) is 1. The standard InChI is InChI=1S/C24H35ClN4O5/c1-5-7-8-9-12-24(34,6-2)15-26-21(31)18-13-17(10-11-19(18)25)29-22(32)28(16-23(3,4)33)20(30)14-27-29/h10-11,13-14,33-34H,5-9,12,15-16H2,1-4H3,(H,26,31). The predicted molar refractivity (Wildman–Crippen MR) is 132 cm³/mol. The summed E-state index contributed by atoms with van der Waals surface area (Å²) in [4.78, 5) is 37.9. The van der Waals surface area contributed by atoms with E-state index in [0.29, 0.717) is 12.8 Å². The van der Waals surface area contributed by atoms with Gasteiger partial charge < -0.3 is 15.5 Å². The van der Waals surface area contributed by atoms with Crippen LogP contribution in [0.4, 0.5) is 0 Å². The van der Waals surface area contributed by atoms with E-state index in [-0.39, 0.29) is 29.4 Å². The number of unbranched alkanes of at least 4 members (excludes halogenated alkanes) is 3. The summed E-state index contributed by atoms with van der Waals surface area (Å²) in [5.41, 5.74) is -3.37. The zero-order valence-electron chi connectivity index (χ0n) is 20.3. The molecule has 0 fully saturated rings. The fraction of sp³-hybridized carbons (Fsp3) is 0.583. The largest absolute Gasteiger partial charge is 0.389 e. The molecule has 1 aromatic carbocycles. The number of nitrogens with zero attached hydrogens (tertiary/aromatic N) is 3. The Kier molecular flexibility index (Phi) is 9.61. The number of hydrogen-bond acceptors (Lipinski definition) is 6. The number of rotatable bonds is 12. The Bertz CT molecular complexity index is 1110. The van der Waals surface area contributed by atoms with Gasteiger partial charge in [-0.1, -0.05) is 51.1 Å². The van der Waals surface area contributed by atoms with Crippen LogP contribution >= 0.6 is 11.6 Å². The van der Waals surface area contributed by atoms with Crippen molar-refractivity contribution < 1.29 is 15.0 Å². The van der Waals surface area contributed by atoms with Crippen LogP contribution in [-0.2, 0) is 6.54 Å². The third-order valence-corrected chi connectivity index (χ3v) is 6.01. The van der Waals surface area contributed by atoms with E-state index in [9.17, 15) is 24.6 Å². The Morgan fingerprint density at radius 2 is 1.85 bits per heavy atom. The zero-order valence-corrected chi connectivity index (χ0v) is 21.1. The minimum Gasteiger partial charge on any atom is -0.389 e. The molecule has 0 aliphatic rings. The van der Waals surface area contributed by atoms with Crippen LogP contribution in [0.2, 0.25) is 5.02 Å². The lowest BCUT2D eigenvalue weighted by atomic mass is 9.93. The number of benzene rings is 1. The van der Waals surface area contributed by atoms with Gasteiger partial charge in [-0.25, -0.2) is 4.79 Å². The van der Waals surface area contributed by atoms with E-state index < -0.39 is 28.4 Å². The maximum atomic E-state index is 12.9. The van der Waals surface area contributed by atoms with Crippen molar-refractivity contribution >= 4 is 17.5 Å². The van der Waals surface area contributed by atoms with Gasteiger partial charge in [0.05, 0.1) is 34.0 Å². The van der Waals surface area contributed by atoms with Gasteiger partial charge in [0.25, 0.3) is 11.5 Å². The van der Waals surface area contributed by atoms with E-state index in [1.54, 1.807) is 0 Å². The van der Waals surface area contributed by atoms with Gasteiger partial charge in [0, 0.05) is 6.54 Å². The van der Waals surface area contributed by atoms with Gasteiger partial charge in [0.1, 0.15) is 6.20 Å². The van der Waals surface area contributed by atoms with E-state index in [4.69, 9.17) is 11.6 Å². The summed E-state index contributed by atoms with van der Waals surface area (Å²) in [5.74, 6) is -0.495. The molecular weight excluding hydrogens is 460 g/mol. The third-order valence-electron chi connectivity index (χ3n) is 5.68. The number of carbonyl (C=O) groups excluding carboxylic acids is 1. The minimum atomic E-state index is -1.29. The van der Waals surface area contributed by atoms with Crippen LogP contribution < -0.4 is 16.6 Å². The number of halogens is 1. The quantitative estimate of drug-likeness (QED) is 0.389. The number of aliphatic hydroxyl groups is 2. The summed E-state index contributed by atoms with van der Waals surface area (Å²) < 4.78 is 1.84. The Morgan fingerprint density at radius 3 is 2.47 bits per heavy atom. The first kappa shape index (κ1) is 27.8. The summed E-state index contributed by atoms with van der Waals surface area (Å²) in [6.07, 6.45) is 6.15. The lowest BCUT2D eigenvalue weighted by molar-refractivity contribution is 0.0246.